The van der Waals surface area contributed by atoms with Crippen LogP contribution in [0, 0.1) is 0 Å². The lowest BCUT2D eigenvalue weighted by atomic mass is 10.2. The first-order chi connectivity index (χ1) is 6.62. The van der Waals surface area contributed by atoms with Gasteiger partial charge in [-0.1, -0.05) is 26.2 Å². The van der Waals surface area contributed by atoms with Crippen LogP contribution in [0.1, 0.15) is 32.6 Å². The number of aliphatic imine (C=N–C) groups is 1. The Kier molecular flexibility index (Phi) is 7.28. The first kappa shape index (κ1) is 13.3. The topological polar surface area (TPSA) is 72.8 Å². The molecule has 0 aromatic heterocycles. The van der Waals surface area contributed by atoms with Crippen LogP contribution in [-0.2, 0) is 19.1 Å². The van der Waals surface area contributed by atoms with Gasteiger partial charge in [0.1, 0.15) is 0 Å². The minimum atomic E-state index is -3.66. The van der Waals surface area contributed by atoms with Crippen molar-refractivity contribution >= 4 is 16.2 Å². The zero-order valence-electron chi connectivity index (χ0n) is 8.23. The fraction of sp³-hybridized carbons (Fsp3) is 0.875. The van der Waals surface area contributed by atoms with E-state index in [1.54, 1.807) is 0 Å². The SMILES string of the molecule is CCCCCCOS(=O)(=O)CN=C=O. The lowest BCUT2D eigenvalue weighted by molar-refractivity contribution is 0.307. The van der Waals surface area contributed by atoms with Crippen LogP contribution in [0.4, 0.5) is 0 Å². The monoisotopic (exact) mass is 221 g/mol. The molecule has 0 fully saturated rings. The average Bonchev–Trinajstić information content (AvgIpc) is 2.15. The van der Waals surface area contributed by atoms with E-state index >= 15 is 0 Å². The summed E-state index contributed by atoms with van der Waals surface area (Å²) in [6.45, 7) is 2.23. The van der Waals surface area contributed by atoms with Gasteiger partial charge in [-0.15, -0.1) is 0 Å². The van der Waals surface area contributed by atoms with Crippen LogP contribution in [0.25, 0.3) is 0 Å². The first-order valence-electron chi connectivity index (χ1n) is 4.53. The Hall–Kier alpha value is -0.710. The summed E-state index contributed by atoms with van der Waals surface area (Å²) < 4.78 is 26.4. The number of hydrogen-bond donors (Lipinski definition) is 0. The highest BCUT2D eigenvalue weighted by atomic mass is 32.2. The molecule has 0 unspecified atom stereocenters. The standard InChI is InChI=1S/C8H15NO4S/c1-2-3-4-5-6-13-14(11,12)8-9-7-10/h2-6,8H2,1H3. The minimum absolute atomic E-state index is 0.163. The maximum absolute atomic E-state index is 10.9. The van der Waals surface area contributed by atoms with E-state index in [0.717, 1.165) is 25.3 Å². The number of isocyanates is 1. The van der Waals surface area contributed by atoms with Crippen molar-refractivity contribution in [2.45, 2.75) is 32.6 Å². The van der Waals surface area contributed by atoms with E-state index in [2.05, 4.69) is 16.1 Å². The van der Waals surface area contributed by atoms with Crippen LogP contribution in [0.2, 0.25) is 0 Å². The van der Waals surface area contributed by atoms with Crippen molar-refractivity contribution in [2.24, 2.45) is 4.99 Å². The quantitative estimate of drug-likeness (QED) is 0.267. The molecule has 0 aliphatic heterocycles. The van der Waals surface area contributed by atoms with E-state index < -0.39 is 16.0 Å². The molecule has 0 aromatic carbocycles. The molecular formula is C8H15NO4S. The van der Waals surface area contributed by atoms with Gasteiger partial charge in [-0.25, -0.2) is 4.79 Å². The molecule has 0 N–H and O–H groups in total. The number of carbonyl (C=O) groups excluding carboxylic acids is 1. The van der Waals surface area contributed by atoms with Gasteiger partial charge in [-0.2, -0.15) is 13.4 Å². The molecule has 14 heavy (non-hydrogen) atoms. The lowest BCUT2D eigenvalue weighted by Gasteiger charge is -2.01. The number of unbranched alkanes of at least 4 members (excludes halogenated alkanes) is 3. The molecule has 0 saturated carbocycles. The number of nitrogens with zero attached hydrogens (tertiary/aromatic N) is 1. The fourth-order valence-electron chi connectivity index (χ4n) is 0.857. The minimum Gasteiger partial charge on any atom is -0.269 e. The Morgan fingerprint density at radius 2 is 2.00 bits per heavy atom. The van der Waals surface area contributed by atoms with Crippen molar-refractivity contribution in [3.63, 3.8) is 0 Å². The molecule has 0 bridgehead atoms. The largest absolute Gasteiger partial charge is 0.288 e. The van der Waals surface area contributed by atoms with Gasteiger partial charge in [-0.05, 0) is 6.42 Å². The molecule has 0 aliphatic rings. The van der Waals surface area contributed by atoms with Gasteiger partial charge in [0.2, 0.25) is 6.08 Å². The lowest BCUT2D eigenvalue weighted by Crippen LogP contribution is -2.09. The molecule has 0 amide bonds. The van der Waals surface area contributed by atoms with Gasteiger partial charge in [-0.3, -0.25) is 4.18 Å². The van der Waals surface area contributed by atoms with Crippen molar-refractivity contribution in [1.82, 2.24) is 0 Å². The van der Waals surface area contributed by atoms with Gasteiger partial charge in [0, 0.05) is 0 Å². The predicted molar refractivity (Wildman–Crippen MR) is 52.0 cm³/mol. The average molecular weight is 221 g/mol. The summed E-state index contributed by atoms with van der Waals surface area (Å²) >= 11 is 0. The molecule has 0 atom stereocenters. The van der Waals surface area contributed by atoms with Crippen LogP contribution in [0.15, 0.2) is 4.99 Å². The third-order valence-electron chi connectivity index (χ3n) is 1.55. The summed E-state index contributed by atoms with van der Waals surface area (Å²) in [5, 5.41) is 0. The number of rotatable bonds is 8. The second kappa shape index (κ2) is 7.67. The van der Waals surface area contributed by atoms with Crippen LogP contribution in [0.5, 0.6) is 0 Å². The molecule has 0 aliphatic carbocycles. The molecule has 6 heteroatoms. The van der Waals surface area contributed by atoms with Gasteiger partial charge < -0.3 is 0 Å². The second-order valence-corrected chi connectivity index (χ2v) is 4.43. The van der Waals surface area contributed by atoms with Crippen molar-refractivity contribution < 1.29 is 17.4 Å². The Labute approximate surface area is 84.3 Å². The van der Waals surface area contributed by atoms with Crippen LogP contribution in [0.3, 0.4) is 0 Å². The molecule has 0 saturated heterocycles. The summed E-state index contributed by atoms with van der Waals surface area (Å²) in [5.74, 6) is -0.635. The summed E-state index contributed by atoms with van der Waals surface area (Å²) in [6, 6.07) is 0. The predicted octanol–water partition coefficient (Wildman–Crippen LogP) is 1.21. The van der Waals surface area contributed by atoms with E-state index in [0.29, 0.717) is 6.42 Å². The van der Waals surface area contributed by atoms with E-state index in [9.17, 15) is 13.2 Å². The highest BCUT2D eigenvalue weighted by Gasteiger charge is 2.08. The van der Waals surface area contributed by atoms with Crippen molar-refractivity contribution in [2.75, 3.05) is 12.5 Å². The number of hydrogen-bond acceptors (Lipinski definition) is 5. The van der Waals surface area contributed by atoms with Crippen molar-refractivity contribution in [1.29, 1.82) is 0 Å². The Morgan fingerprint density at radius 1 is 1.29 bits per heavy atom. The van der Waals surface area contributed by atoms with Crippen molar-refractivity contribution in [3.05, 3.63) is 0 Å². The normalized spacial score (nSPS) is 10.9. The Bertz CT molecular complexity index is 280. The van der Waals surface area contributed by atoms with Gasteiger partial charge >= 0.3 is 0 Å². The summed E-state index contributed by atoms with van der Waals surface area (Å²) in [5.41, 5.74) is 0. The Balaban J connectivity index is 3.61. The highest BCUT2D eigenvalue weighted by Crippen LogP contribution is 2.01. The summed E-state index contributed by atoms with van der Waals surface area (Å²) in [7, 11) is -3.66. The molecule has 5 nitrogen and oxygen atoms in total. The summed E-state index contributed by atoms with van der Waals surface area (Å²) in [4.78, 5) is 12.6. The third kappa shape index (κ3) is 7.91. The second-order valence-electron chi connectivity index (χ2n) is 2.82. The molecule has 0 aromatic rings. The maximum Gasteiger partial charge on any atom is 0.288 e. The first-order valence-corrected chi connectivity index (χ1v) is 6.11. The van der Waals surface area contributed by atoms with Crippen LogP contribution in [-0.4, -0.2) is 27.0 Å². The third-order valence-corrected chi connectivity index (χ3v) is 2.52. The van der Waals surface area contributed by atoms with E-state index in [1.807, 2.05) is 0 Å². The van der Waals surface area contributed by atoms with Gasteiger partial charge in [0.25, 0.3) is 10.1 Å². The van der Waals surface area contributed by atoms with E-state index in [4.69, 9.17) is 0 Å². The fourth-order valence-corrected chi connectivity index (χ4v) is 1.51. The molecule has 0 rings (SSSR count). The van der Waals surface area contributed by atoms with Gasteiger partial charge in [0.15, 0.2) is 5.88 Å². The van der Waals surface area contributed by atoms with Gasteiger partial charge in [0.05, 0.1) is 6.61 Å². The molecule has 82 valence electrons. The van der Waals surface area contributed by atoms with Crippen LogP contribution < -0.4 is 0 Å². The molecular weight excluding hydrogens is 206 g/mol. The van der Waals surface area contributed by atoms with E-state index in [1.165, 1.54) is 0 Å². The zero-order valence-corrected chi connectivity index (χ0v) is 9.05. The molecule has 0 spiro atoms. The maximum atomic E-state index is 10.9. The van der Waals surface area contributed by atoms with E-state index in [-0.39, 0.29) is 6.61 Å². The van der Waals surface area contributed by atoms with Crippen molar-refractivity contribution in [3.8, 4) is 0 Å². The van der Waals surface area contributed by atoms with Crippen LogP contribution >= 0.6 is 0 Å². The Morgan fingerprint density at radius 3 is 2.57 bits per heavy atom. The summed E-state index contributed by atoms with van der Waals surface area (Å²) in [6.07, 6.45) is 4.95. The molecule has 0 radical (unpaired) electrons. The smallest absolute Gasteiger partial charge is 0.269 e. The molecule has 0 heterocycles. The highest BCUT2D eigenvalue weighted by molar-refractivity contribution is 7.86. The zero-order chi connectivity index (χ0) is 10.9.